The lowest BCUT2D eigenvalue weighted by atomic mass is 9.88. The standard InChI is InChI=1S/C15H18F3NO2/c1-3-19-8-10(7-9(2)14(20)21)13-11(15(16,17)18)5-4-6-12(13)19/h4-6,9-10H,3,7-8H2,1-2H3,(H,20,21). The lowest BCUT2D eigenvalue weighted by Crippen LogP contribution is -2.22. The van der Waals surface area contributed by atoms with Crippen molar-refractivity contribution in [1.82, 2.24) is 0 Å². The molecule has 1 aliphatic heterocycles. The molecule has 0 radical (unpaired) electrons. The Morgan fingerprint density at radius 1 is 1.48 bits per heavy atom. The Bertz CT molecular complexity index is 542. The van der Waals surface area contributed by atoms with E-state index in [9.17, 15) is 18.0 Å². The molecule has 6 heteroatoms. The fourth-order valence-electron chi connectivity index (χ4n) is 2.98. The number of alkyl halides is 3. The minimum Gasteiger partial charge on any atom is -0.481 e. The predicted octanol–water partition coefficient (Wildman–Crippen LogP) is 3.74. The van der Waals surface area contributed by atoms with Crippen LogP contribution >= 0.6 is 0 Å². The first-order valence-corrected chi connectivity index (χ1v) is 6.93. The van der Waals surface area contributed by atoms with Crippen LogP contribution in [0.15, 0.2) is 18.2 Å². The highest BCUT2D eigenvalue weighted by Crippen LogP contribution is 2.46. The molecule has 1 heterocycles. The molecule has 0 saturated heterocycles. The van der Waals surface area contributed by atoms with E-state index in [4.69, 9.17) is 5.11 Å². The zero-order valence-corrected chi connectivity index (χ0v) is 11.9. The van der Waals surface area contributed by atoms with Crippen molar-refractivity contribution in [3.05, 3.63) is 29.3 Å². The van der Waals surface area contributed by atoms with Gasteiger partial charge in [-0.3, -0.25) is 4.79 Å². The Kier molecular flexibility index (Phi) is 4.16. The molecule has 2 rings (SSSR count). The highest BCUT2D eigenvalue weighted by atomic mass is 19.4. The van der Waals surface area contributed by atoms with Gasteiger partial charge >= 0.3 is 12.1 Å². The van der Waals surface area contributed by atoms with Crippen molar-refractivity contribution in [1.29, 1.82) is 0 Å². The monoisotopic (exact) mass is 301 g/mol. The van der Waals surface area contributed by atoms with Gasteiger partial charge in [-0.15, -0.1) is 0 Å². The van der Waals surface area contributed by atoms with Crippen molar-refractivity contribution in [2.24, 2.45) is 5.92 Å². The number of halogens is 3. The molecule has 1 aliphatic rings. The maximum atomic E-state index is 13.2. The Hall–Kier alpha value is -1.72. The molecule has 0 bridgehead atoms. The number of carboxylic acid groups (broad SMARTS) is 1. The number of rotatable bonds is 4. The summed E-state index contributed by atoms with van der Waals surface area (Å²) in [7, 11) is 0. The average Bonchev–Trinajstić information content (AvgIpc) is 2.75. The van der Waals surface area contributed by atoms with Crippen molar-refractivity contribution in [2.45, 2.75) is 32.4 Å². The van der Waals surface area contributed by atoms with Crippen molar-refractivity contribution < 1.29 is 23.1 Å². The molecule has 2 atom stereocenters. The molecular weight excluding hydrogens is 283 g/mol. The normalized spacial score (nSPS) is 19.5. The van der Waals surface area contributed by atoms with E-state index in [0.29, 0.717) is 18.8 Å². The molecule has 1 aromatic rings. The minimum absolute atomic E-state index is 0.214. The second-order valence-corrected chi connectivity index (χ2v) is 5.45. The van der Waals surface area contributed by atoms with Gasteiger partial charge in [0.2, 0.25) is 0 Å². The number of carbonyl (C=O) groups is 1. The molecular formula is C15H18F3NO2. The SMILES string of the molecule is CCN1CC(CC(C)C(=O)O)c2c1cccc2C(F)(F)F. The average molecular weight is 301 g/mol. The smallest absolute Gasteiger partial charge is 0.416 e. The molecule has 1 N–H and O–H groups in total. The molecule has 0 aromatic heterocycles. The van der Waals surface area contributed by atoms with Gasteiger partial charge in [0.05, 0.1) is 11.5 Å². The van der Waals surface area contributed by atoms with Crippen LogP contribution < -0.4 is 4.90 Å². The van der Waals surface area contributed by atoms with Gasteiger partial charge in [0.1, 0.15) is 0 Å². The summed E-state index contributed by atoms with van der Waals surface area (Å²) in [6.45, 7) is 4.46. The summed E-state index contributed by atoms with van der Waals surface area (Å²) >= 11 is 0. The van der Waals surface area contributed by atoms with E-state index in [0.717, 1.165) is 6.07 Å². The van der Waals surface area contributed by atoms with Gasteiger partial charge in [-0.2, -0.15) is 13.2 Å². The van der Waals surface area contributed by atoms with Crippen molar-refractivity contribution in [3.8, 4) is 0 Å². The van der Waals surface area contributed by atoms with Crippen LogP contribution in [-0.2, 0) is 11.0 Å². The first-order chi connectivity index (χ1) is 9.75. The highest BCUT2D eigenvalue weighted by Gasteiger charge is 2.40. The number of anilines is 1. The van der Waals surface area contributed by atoms with Crippen LogP contribution in [-0.4, -0.2) is 24.2 Å². The van der Waals surface area contributed by atoms with Gasteiger partial charge < -0.3 is 10.0 Å². The van der Waals surface area contributed by atoms with Crippen LogP contribution in [0.3, 0.4) is 0 Å². The van der Waals surface area contributed by atoms with Crippen LogP contribution in [0.25, 0.3) is 0 Å². The van der Waals surface area contributed by atoms with Crippen LogP contribution in [0.5, 0.6) is 0 Å². The third-order valence-corrected chi connectivity index (χ3v) is 4.02. The molecule has 116 valence electrons. The van der Waals surface area contributed by atoms with Gasteiger partial charge in [-0.25, -0.2) is 0 Å². The quantitative estimate of drug-likeness (QED) is 0.921. The highest BCUT2D eigenvalue weighted by molar-refractivity contribution is 5.70. The minimum atomic E-state index is -4.42. The van der Waals surface area contributed by atoms with Crippen LogP contribution in [0.4, 0.5) is 18.9 Å². The molecule has 0 spiro atoms. The van der Waals surface area contributed by atoms with Gasteiger partial charge in [0.25, 0.3) is 0 Å². The van der Waals surface area contributed by atoms with E-state index in [2.05, 4.69) is 0 Å². The molecule has 21 heavy (non-hydrogen) atoms. The van der Waals surface area contributed by atoms with Gasteiger partial charge in [-0.05, 0) is 31.0 Å². The number of likely N-dealkylation sites (N-methyl/N-ethyl adjacent to an activating group) is 1. The molecule has 0 amide bonds. The summed E-state index contributed by atoms with van der Waals surface area (Å²) in [4.78, 5) is 12.9. The number of benzene rings is 1. The zero-order valence-electron chi connectivity index (χ0n) is 11.9. The second kappa shape index (κ2) is 5.58. The summed E-state index contributed by atoms with van der Waals surface area (Å²) < 4.78 is 39.6. The summed E-state index contributed by atoms with van der Waals surface area (Å²) in [5.74, 6) is -2.04. The third kappa shape index (κ3) is 2.99. The second-order valence-electron chi connectivity index (χ2n) is 5.45. The molecule has 0 aliphatic carbocycles. The first-order valence-electron chi connectivity index (χ1n) is 6.93. The molecule has 0 saturated carbocycles. The summed E-state index contributed by atoms with van der Waals surface area (Å²) in [5, 5.41) is 9.01. The summed E-state index contributed by atoms with van der Waals surface area (Å²) in [6, 6.07) is 4.17. The molecule has 1 aromatic carbocycles. The maximum Gasteiger partial charge on any atom is 0.416 e. The van der Waals surface area contributed by atoms with E-state index in [1.54, 1.807) is 6.07 Å². The summed E-state index contributed by atoms with van der Waals surface area (Å²) in [6.07, 6.45) is -4.20. The number of fused-ring (bicyclic) bond motifs is 1. The van der Waals surface area contributed by atoms with Crippen molar-refractivity contribution in [2.75, 3.05) is 18.0 Å². The Morgan fingerprint density at radius 3 is 2.67 bits per heavy atom. The van der Waals surface area contributed by atoms with Gasteiger partial charge in [0, 0.05) is 24.7 Å². The number of hydrogen-bond donors (Lipinski definition) is 1. The maximum absolute atomic E-state index is 13.2. The fraction of sp³-hybridized carbons (Fsp3) is 0.533. The molecule has 0 fully saturated rings. The first kappa shape index (κ1) is 15.7. The van der Waals surface area contributed by atoms with E-state index in [1.807, 2.05) is 11.8 Å². The largest absolute Gasteiger partial charge is 0.481 e. The summed E-state index contributed by atoms with van der Waals surface area (Å²) in [5.41, 5.74) is 0.188. The number of nitrogens with zero attached hydrogens (tertiary/aromatic N) is 1. The Labute approximate surface area is 121 Å². The predicted molar refractivity (Wildman–Crippen MR) is 73.5 cm³/mol. The lowest BCUT2D eigenvalue weighted by Gasteiger charge is -2.18. The van der Waals surface area contributed by atoms with Crippen LogP contribution in [0, 0.1) is 5.92 Å². The van der Waals surface area contributed by atoms with Crippen LogP contribution in [0.2, 0.25) is 0 Å². The zero-order chi connectivity index (χ0) is 15.8. The number of hydrogen-bond acceptors (Lipinski definition) is 2. The van der Waals surface area contributed by atoms with E-state index in [1.165, 1.54) is 13.0 Å². The number of carboxylic acids is 1. The van der Waals surface area contributed by atoms with Crippen molar-refractivity contribution >= 4 is 11.7 Å². The van der Waals surface area contributed by atoms with E-state index in [-0.39, 0.29) is 12.0 Å². The van der Waals surface area contributed by atoms with E-state index >= 15 is 0 Å². The van der Waals surface area contributed by atoms with Gasteiger partial charge in [0.15, 0.2) is 0 Å². The third-order valence-electron chi connectivity index (χ3n) is 4.02. The van der Waals surface area contributed by atoms with Crippen molar-refractivity contribution in [3.63, 3.8) is 0 Å². The Balaban J connectivity index is 2.45. The topological polar surface area (TPSA) is 40.5 Å². The van der Waals surface area contributed by atoms with Crippen LogP contribution in [0.1, 0.15) is 37.3 Å². The van der Waals surface area contributed by atoms with Gasteiger partial charge in [-0.1, -0.05) is 13.0 Å². The molecule has 3 nitrogen and oxygen atoms in total. The molecule has 2 unspecified atom stereocenters. The Morgan fingerprint density at radius 2 is 2.14 bits per heavy atom. The van der Waals surface area contributed by atoms with E-state index < -0.39 is 29.5 Å². The lowest BCUT2D eigenvalue weighted by molar-refractivity contribution is -0.141. The number of aliphatic carboxylic acids is 1. The fourth-order valence-corrected chi connectivity index (χ4v) is 2.98.